The Balaban J connectivity index is 1.97. The van der Waals surface area contributed by atoms with Crippen LogP contribution in [-0.2, 0) is 4.79 Å². The SMILES string of the molecule is CC1(C(=O)O)CC2CC3CC(C2)CC1C3. The Bertz CT molecular complexity index is 285. The molecule has 0 aliphatic heterocycles. The lowest BCUT2D eigenvalue weighted by Gasteiger charge is -2.40. The van der Waals surface area contributed by atoms with E-state index in [1.165, 1.54) is 32.1 Å². The minimum absolute atomic E-state index is 0.408. The third-order valence-electron chi connectivity index (χ3n) is 5.34. The summed E-state index contributed by atoms with van der Waals surface area (Å²) >= 11 is 0. The minimum Gasteiger partial charge on any atom is -0.481 e. The van der Waals surface area contributed by atoms with Crippen LogP contribution < -0.4 is 0 Å². The van der Waals surface area contributed by atoms with E-state index in [0.717, 1.165) is 18.3 Å². The number of aliphatic carboxylic acids is 1. The summed E-state index contributed by atoms with van der Waals surface area (Å²) in [5.74, 6) is 2.34. The Morgan fingerprint density at radius 2 is 1.60 bits per heavy atom. The Morgan fingerprint density at radius 3 is 2.13 bits per heavy atom. The van der Waals surface area contributed by atoms with E-state index in [2.05, 4.69) is 0 Å². The third-order valence-corrected chi connectivity index (χ3v) is 5.34. The van der Waals surface area contributed by atoms with Crippen LogP contribution in [0.15, 0.2) is 0 Å². The van der Waals surface area contributed by atoms with Crippen LogP contribution in [0.3, 0.4) is 0 Å². The first-order valence-electron chi connectivity index (χ1n) is 6.31. The van der Waals surface area contributed by atoms with E-state index in [1.54, 1.807) is 0 Å². The molecular weight excluding hydrogens is 188 g/mol. The lowest BCUT2D eigenvalue weighted by molar-refractivity contribution is -0.152. The van der Waals surface area contributed by atoms with E-state index in [0.29, 0.717) is 11.8 Å². The summed E-state index contributed by atoms with van der Waals surface area (Å²) in [6.45, 7) is 2.00. The monoisotopic (exact) mass is 208 g/mol. The van der Waals surface area contributed by atoms with Crippen LogP contribution in [0.1, 0.15) is 45.4 Å². The van der Waals surface area contributed by atoms with E-state index in [-0.39, 0.29) is 0 Å². The van der Waals surface area contributed by atoms with E-state index in [1.807, 2.05) is 6.92 Å². The van der Waals surface area contributed by atoms with Crippen molar-refractivity contribution in [3.63, 3.8) is 0 Å². The molecular formula is C13H20O2. The van der Waals surface area contributed by atoms with Crippen LogP contribution in [0.4, 0.5) is 0 Å². The first-order valence-corrected chi connectivity index (χ1v) is 6.31. The quantitative estimate of drug-likeness (QED) is 0.719. The third kappa shape index (κ3) is 1.33. The standard InChI is InChI=1S/C13H20O2/c1-13(12(14)15)7-10-3-8-2-9(4-10)6-11(13)5-8/h8-11H,2-7H2,1H3,(H,14,15). The maximum absolute atomic E-state index is 11.5. The lowest BCUT2D eigenvalue weighted by Crippen LogP contribution is -2.37. The normalized spacial score (nSPS) is 52.9. The van der Waals surface area contributed by atoms with Crippen LogP contribution in [0.25, 0.3) is 0 Å². The summed E-state index contributed by atoms with van der Waals surface area (Å²) in [7, 11) is 0. The average molecular weight is 208 g/mol. The van der Waals surface area contributed by atoms with Gasteiger partial charge >= 0.3 is 5.97 Å². The van der Waals surface area contributed by atoms with Crippen molar-refractivity contribution in [1.82, 2.24) is 0 Å². The summed E-state index contributed by atoms with van der Waals surface area (Å²) in [6.07, 6.45) is 7.35. The zero-order valence-electron chi connectivity index (χ0n) is 9.41. The topological polar surface area (TPSA) is 37.3 Å². The number of fused-ring (bicyclic) bond motifs is 1. The molecule has 3 unspecified atom stereocenters. The summed E-state index contributed by atoms with van der Waals surface area (Å²) in [5.41, 5.74) is -0.408. The van der Waals surface area contributed by atoms with Crippen molar-refractivity contribution in [1.29, 1.82) is 0 Å². The van der Waals surface area contributed by atoms with Crippen molar-refractivity contribution in [2.45, 2.75) is 45.4 Å². The maximum Gasteiger partial charge on any atom is 0.309 e. The molecule has 2 nitrogen and oxygen atoms in total. The van der Waals surface area contributed by atoms with Gasteiger partial charge < -0.3 is 5.11 Å². The van der Waals surface area contributed by atoms with Gasteiger partial charge in [-0.05, 0) is 69.1 Å². The highest BCUT2D eigenvalue weighted by Crippen LogP contribution is 2.57. The van der Waals surface area contributed by atoms with Gasteiger partial charge in [-0.3, -0.25) is 4.79 Å². The predicted octanol–water partition coefficient (Wildman–Crippen LogP) is 2.92. The largest absolute Gasteiger partial charge is 0.481 e. The van der Waals surface area contributed by atoms with Gasteiger partial charge in [-0.25, -0.2) is 0 Å². The van der Waals surface area contributed by atoms with Crippen molar-refractivity contribution in [2.75, 3.05) is 0 Å². The summed E-state index contributed by atoms with van der Waals surface area (Å²) < 4.78 is 0. The fraction of sp³-hybridized carbons (Fsp3) is 0.923. The van der Waals surface area contributed by atoms with Gasteiger partial charge in [0, 0.05) is 0 Å². The molecule has 15 heavy (non-hydrogen) atoms. The average Bonchev–Trinajstić information content (AvgIpc) is 2.29. The fourth-order valence-electron chi connectivity index (χ4n) is 4.70. The highest BCUT2D eigenvalue weighted by molar-refractivity contribution is 5.74. The molecule has 4 saturated carbocycles. The molecule has 1 N–H and O–H groups in total. The molecule has 0 spiro atoms. The van der Waals surface area contributed by atoms with Crippen LogP contribution in [0.5, 0.6) is 0 Å². The Morgan fingerprint density at radius 1 is 1.07 bits per heavy atom. The number of carboxylic acids is 1. The number of rotatable bonds is 1. The zero-order valence-corrected chi connectivity index (χ0v) is 9.41. The van der Waals surface area contributed by atoms with Gasteiger partial charge in [0.25, 0.3) is 0 Å². The number of hydrogen-bond donors (Lipinski definition) is 1. The Kier molecular flexibility index (Phi) is 1.93. The molecule has 84 valence electrons. The van der Waals surface area contributed by atoms with E-state index < -0.39 is 11.4 Å². The van der Waals surface area contributed by atoms with E-state index >= 15 is 0 Å². The van der Waals surface area contributed by atoms with Crippen molar-refractivity contribution < 1.29 is 9.90 Å². The molecule has 0 aromatic heterocycles. The molecule has 4 fully saturated rings. The van der Waals surface area contributed by atoms with Crippen LogP contribution in [0.2, 0.25) is 0 Å². The second kappa shape index (κ2) is 2.99. The van der Waals surface area contributed by atoms with Gasteiger partial charge in [-0.15, -0.1) is 0 Å². The Labute approximate surface area is 91.1 Å². The van der Waals surface area contributed by atoms with Gasteiger partial charge in [-0.2, -0.15) is 0 Å². The second-order valence-corrected chi connectivity index (χ2v) is 6.40. The summed E-state index contributed by atoms with van der Waals surface area (Å²) in [6, 6.07) is 0. The molecule has 3 atom stereocenters. The zero-order chi connectivity index (χ0) is 10.6. The van der Waals surface area contributed by atoms with Crippen molar-refractivity contribution in [3.05, 3.63) is 0 Å². The molecule has 0 saturated heterocycles. The smallest absolute Gasteiger partial charge is 0.309 e. The van der Waals surface area contributed by atoms with Gasteiger partial charge in [0.1, 0.15) is 0 Å². The molecule has 4 aliphatic carbocycles. The molecule has 4 bridgehead atoms. The number of carboxylic acid groups (broad SMARTS) is 1. The van der Waals surface area contributed by atoms with E-state index in [9.17, 15) is 9.90 Å². The number of carbonyl (C=O) groups is 1. The molecule has 2 heteroatoms. The predicted molar refractivity (Wildman–Crippen MR) is 57.4 cm³/mol. The summed E-state index contributed by atoms with van der Waals surface area (Å²) in [5, 5.41) is 9.47. The molecule has 0 aromatic carbocycles. The second-order valence-electron chi connectivity index (χ2n) is 6.40. The first kappa shape index (κ1) is 9.68. The van der Waals surface area contributed by atoms with Gasteiger partial charge in [0.15, 0.2) is 0 Å². The molecule has 0 radical (unpaired) electrons. The van der Waals surface area contributed by atoms with Crippen LogP contribution in [0, 0.1) is 29.1 Å². The fourth-order valence-corrected chi connectivity index (χ4v) is 4.70. The van der Waals surface area contributed by atoms with Gasteiger partial charge in [0.05, 0.1) is 5.41 Å². The number of hydrogen-bond acceptors (Lipinski definition) is 1. The lowest BCUT2D eigenvalue weighted by atomic mass is 9.65. The van der Waals surface area contributed by atoms with Crippen molar-refractivity contribution >= 4 is 5.97 Å². The minimum atomic E-state index is -0.541. The highest BCUT2D eigenvalue weighted by Gasteiger charge is 2.52. The molecule has 4 aliphatic rings. The molecule has 0 amide bonds. The summed E-state index contributed by atoms with van der Waals surface area (Å²) in [4.78, 5) is 11.5. The van der Waals surface area contributed by atoms with Crippen molar-refractivity contribution in [2.24, 2.45) is 29.1 Å². The maximum atomic E-state index is 11.5. The van der Waals surface area contributed by atoms with Crippen LogP contribution in [-0.4, -0.2) is 11.1 Å². The van der Waals surface area contributed by atoms with Crippen LogP contribution >= 0.6 is 0 Å². The Hall–Kier alpha value is -0.530. The van der Waals surface area contributed by atoms with Gasteiger partial charge in [0.2, 0.25) is 0 Å². The molecule has 0 heterocycles. The van der Waals surface area contributed by atoms with Crippen molar-refractivity contribution in [3.8, 4) is 0 Å². The first-order chi connectivity index (χ1) is 7.08. The van der Waals surface area contributed by atoms with Gasteiger partial charge in [-0.1, -0.05) is 0 Å². The molecule has 0 aromatic rings. The molecule has 4 rings (SSSR count). The highest BCUT2D eigenvalue weighted by atomic mass is 16.4. The van der Waals surface area contributed by atoms with E-state index in [4.69, 9.17) is 0 Å².